The summed E-state index contributed by atoms with van der Waals surface area (Å²) in [5.74, 6) is -0.943. The third-order valence-corrected chi connectivity index (χ3v) is 4.30. The molecule has 1 aliphatic rings. The number of ketones is 1. The molecule has 1 fully saturated rings. The highest BCUT2D eigenvalue weighted by Gasteiger charge is 2.56. The molecule has 0 spiro atoms. The second-order valence-corrected chi connectivity index (χ2v) is 5.74. The number of aliphatic hydroxyl groups is 1. The van der Waals surface area contributed by atoms with Gasteiger partial charge in [-0.25, -0.2) is 0 Å². The molecule has 1 N–H and O–H groups in total. The molecule has 17 heavy (non-hydrogen) atoms. The fourth-order valence-electron chi connectivity index (χ4n) is 2.80. The molecule has 3 atom stereocenters. The Bertz CT molecular complexity index is 337. The normalized spacial score (nSPS) is 38.1. The largest absolute Gasteiger partial charge is 0.389 e. The minimum absolute atomic E-state index is 0.139. The molecule has 0 aromatic heterocycles. The van der Waals surface area contributed by atoms with Gasteiger partial charge in [0.1, 0.15) is 5.78 Å². The van der Waals surface area contributed by atoms with E-state index in [1.165, 1.54) is 6.92 Å². The first-order chi connectivity index (χ1) is 7.63. The number of nitrogens with zero attached hydrogens (tertiary/aromatic N) is 1. The second-order valence-electron chi connectivity index (χ2n) is 5.74. The molecular weight excluding hydrogens is 222 g/mol. The van der Waals surface area contributed by atoms with Gasteiger partial charge in [0.15, 0.2) is 0 Å². The molecule has 0 amide bonds. The van der Waals surface area contributed by atoms with E-state index in [1.807, 2.05) is 0 Å². The van der Waals surface area contributed by atoms with Gasteiger partial charge < -0.3 is 5.11 Å². The number of carbonyl (C=O) groups is 1. The van der Waals surface area contributed by atoms with Gasteiger partial charge in [-0.15, -0.1) is 0 Å². The first kappa shape index (κ1) is 14.1. The van der Waals surface area contributed by atoms with E-state index in [1.54, 1.807) is 20.8 Å². The smallest absolute Gasteiger partial charge is 0.225 e. The summed E-state index contributed by atoms with van der Waals surface area (Å²) in [6, 6.07) is 0. The molecule has 1 saturated carbocycles. The summed E-state index contributed by atoms with van der Waals surface area (Å²) in [5, 5.41) is 21.5. The molecule has 0 bridgehead atoms. The van der Waals surface area contributed by atoms with Gasteiger partial charge >= 0.3 is 0 Å². The topological polar surface area (TPSA) is 80.4 Å². The summed E-state index contributed by atoms with van der Waals surface area (Å²) in [6.45, 7) is 6.61. The van der Waals surface area contributed by atoms with Crippen LogP contribution in [-0.2, 0) is 4.79 Å². The van der Waals surface area contributed by atoms with Gasteiger partial charge in [0, 0.05) is 23.7 Å². The molecule has 0 unspecified atom stereocenters. The van der Waals surface area contributed by atoms with E-state index in [4.69, 9.17) is 0 Å². The summed E-state index contributed by atoms with van der Waals surface area (Å²) in [7, 11) is 0. The van der Waals surface area contributed by atoms with Crippen LogP contribution in [0.4, 0.5) is 0 Å². The lowest BCUT2D eigenvalue weighted by Crippen LogP contribution is -2.56. The lowest BCUT2D eigenvalue weighted by atomic mass is 9.63. The van der Waals surface area contributed by atoms with E-state index in [0.29, 0.717) is 12.8 Å². The first-order valence-electron chi connectivity index (χ1n) is 6.01. The van der Waals surface area contributed by atoms with Crippen LogP contribution in [0.5, 0.6) is 0 Å². The molecule has 1 aliphatic carbocycles. The van der Waals surface area contributed by atoms with Gasteiger partial charge in [0.2, 0.25) is 5.54 Å². The van der Waals surface area contributed by atoms with Crippen molar-refractivity contribution < 1.29 is 14.8 Å². The van der Waals surface area contributed by atoms with Crippen molar-refractivity contribution in [2.45, 2.75) is 58.1 Å². The highest BCUT2D eigenvalue weighted by molar-refractivity contribution is 5.79. The van der Waals surface area contributed by atoms with E-state index in [-0.39, 0.29) is 23.0 Å². The summed E-state index contributed by atoms with van der Waals surface area (Å²) >= 11 is 0. The Labute approximate surface area is 101 Å². The fourth-order valence-corrected chi connectivity index (χ4v) is 2.80. The number of rotatable bonds is 3. The van der Waals surface area contributed by atoms with Crippen LogP contribution in [-0.4, -0.2) is 27.0 Å². The molecular formula is C12H21NO4. The summed E-state index contributed by atoms with van der Waals surface area (Å²) in [4.78, 5) is 22.6. The average molecular weight is 243 g/mol. The van der Waals surface area contributed by atoms with Crippen LogP contribution in [0.1, 0.15) is 47.0 Å². The van der Waals surface area contributed by atoms with E-state index >= 15 is 0 Å². The zero-order valence-electron chi connectivity index (χ0n) is 10.9. The van der Waals surface area contributed by atoms with E-state index in [2.05, 4.69) is 0 Å². The monoisotopic (exact) mass is 243 g/mol. The van der Waals surface area contributed by atoms with Crippen LogP contribution in [0.15, 0.2) is 0 Å². The fraction of sp³-hybridized carbons (Fsp3) is 0.917. The Hall–Kier alpha value is -0.970. The Morgan fingerprint density at radius 2 is 2.00 bits per heavy atom. The molecule has 1 rings (SSSR count). The minimum Gasteiger partial charge on any atom is -0.389 e. The molecule has 0 aromatic carbocycles. The molecule has 5 heteroatoms. The Morgan fingerprint density at radius 3 is 2.35 bits per heavy atom. The van der Waals surface area contributed by atoms with Gasteiger partial charge in [0.05, 0.1) is 11.5 Å². The van der Waals surface area contributed by atoms with Crippen LogP contribution in [0.3, 0.4) is 0 Å². The standard InChI is InChI=1S/C12H21NO4/c1-8(2)12(13(16)17)6-5-11(4,15)10(7-12)9(3)14/h8,10,15H,5-7H2,1-4H3/t10-,11+,12-/m0/s1. The van der Waals surface area contributed by atoms with Crippen LogP contribution in [0.25, 0.3) is 0 Å². The highest BCUT2D eigenvalue weighted by atomic mass is 16.6. The van der Waals surface area contributed by atoms with Crippen molar-refractivity contribution in [2.75, 3.05) is 0 Å². The third-order valence-electron chi connectivity index (χ3n) is 4.30. The lowest BCUT2D eigenvalue weighted by Gasteiger charge is -2.43. The van der Waals surface area contributed by atoms with Crippen molar-refractivity contribution in [3.05, 3.63) is 10.1 Å². The molecule has 0 aromatic rings. The van der Waals surface area contributed by atoms with Crippen LogP contribution >= 0.6 is 0 Å². The van der Waals surface area contributed by atoms with Crippen LogP contribution in [0, 0.1) is 22.0 Å². The maximum atomic E-state index is 11.6. The molecule has 0 radical (unpaired) electrons. The van der Waals surface area contributed by atoms with Gasteiger partial charge in [-0.2, -0.15) is 0 Å². The molecule has 0 heterocycles. The van der Waals surface area contributed by atoms with Crippen LogP contribution in [0.2, 0.25) is 0 Å². The molecule has 0 aliphatic heterocycles. The summed E-state index contributed by atoms with van der Waals surface area (Å²) in [5.41, 5.74) is -2.18. The predicted octanol–water partition coefficient (Wildman–Crippen LogP) is 1.80. The number of hydrogen-bond acceptors (Lipinski definition) is 4. The third kappa shape index (κ3) is 2.34. The van der Waals surface area contributed by atoms with Crippen molar-refractivity contribution in [3.63, 3.8) is 0 Å². The Morgan fingerprint density at radius 1 is 1.47 bits per heavy atom. The minimum atomic E-state index is -1.11. The number of hydrogen-bond donors (Lipinski definition) is 1. The summed E-state index contributed by atoms with van der Waals surface area (Å²) in [6.07, 6.45) is 0.769. The van der Waals surface area contributed by atoms with Gasteiger partial charge in [-0.3, -0.25) is 14.9 Å². The van der Waals surface area contributed by atoms with Crippen molar-refractivity contribution >= 4 is 5.78 Å². The Balaban J connectivity index is 3.09. The number of Topliss-reactive ketones (excluding diaryl/α,β-unsaturated/α-hetero) is 1. The average Bonchev–Trinajstić information content (AvgIpc) is 2.15. The summed E-state index contributed by atoms with van der Waals surface area (Å²) < 4.78 is 0. The van der Waals surface area contributed by atoms with Crippen molar-refractivity contribution in [1.29, 1.82) is 0 Å². The zero-order valence-corrected chi connectivity index (χ0v) is 10.9. The van der Waals surface area contributed by atoms with E-state index in [9.17, 15) is 20.0 Å². The lowest BCUT2D eigenvalue weighted by molar-refractivity contribution is -0.587. The SMILES string of the molecule is CC(=O)[C@@H]1C[C@@](C(C)C)([N+](=O)[O-])CC[C@@]1(C)O. The van der Waals surface area contributed by atoms with Crippen molar-refractivity contribution in [3.8, 4) is 0 Å². The van der Waals surface area contributed by atoms with Gasteiger partial charge in [-0.1, -0.05) is 13.8 Å². The molecule has 5 nitrogen and oxygen atoms in total. The van der Waals surface area contributed by atoms with Crippen molar-refractivity contribution in [1.82, 2.24) is 0 Å². The predicted molar refractivity (Wildman–Crippen MR) is 63.2 cm³/mol. The van der Waals surface area contributed by atoms with Crippen molar-refractivity contribution in [2.24, 2.45) is 11.8 Å². The Kier molecular flexibility index (Phi) is 3.62. The van der Waals surface area contributed by atoms with Gasteiger partial charge in [0.25, 0.3) is 0 Å². The first-order valence-corrected chi connectivity index (χ1v) is 6.01. The maximum Gasteiger partial charge on any atom is 0.225 e. The highest BCUT2D eigenvalue weighted by Crippen LogP contribution is 2.44. The molecule has 0 saturated heterocycles. The van der Waals surface area contributed by atoms with Crippen LogP contribution < -0.4 is 0 Å². The van der Waals surface area contributed by atoms with E-state index < -0.39 is 17.1 Å². The quantitative estimate of drug-likeness (QED) is 0.605. The van der Waals surface area contributed by atoms with Gasteiger partial charge in [-0.05, 0) is 20.3 Å². The molecule has 98 valence electrons. The number of carbonyl (C=O) groups excluding carboxylic acids is 1. The maximum absolute atomic E-state index is 11.6. The second kappa shape index (κ2) is 4.37. The zero-order chi connectivity index (χ0) is 13.4. The number of nitro groups is 1. The van der Waals surface area contributed by atoms with E-state index in [0.717, 1.165) is 0 Å².